The van der Waals surface area contributed by atoms with Gasteiger partial charge in [-0.15, -0.1) is 0 Å². The zero-order valence-electron chi connectivity index (χ0n) is 19.6. The number of rotatable bonds is 7. The van der Waals surface area contributed by atoms with E-state index in [9.17, 15) is 9.59 Å². The number of hydrogen-bond donors (Lipinski definition) is 1. The molecular weight excluding hydrogens is 438 g/mol. The first kappa shape index (κ1) is 23.6. The fourth-order valence-electron chi connectivity index (χ4n) is 4.36. The molecule has 0 unspecified atom stereocenters. The first-order chi connectivity index (χ1) is 15.8. The molecule has 1 aromatic carbocycles. The third-order valence-electron chi connectivity index (χ3n) is 5.94. The van der Waals surface area contributed by atoms with E-state index in [0.29, 0.717) is 17.8 Å². The van der Waals surface area contributed by atoms with Gasteiger partial charge in [0, 0.05) is 18.8 Å². The number of carbonyl (C=O) groups is 2. The Balaban J connectivity index is 1.62. The van der Waals surface area contributed by atoms with Crippen molar-refractivity contribution in [2.45, 2.75) is 65.2 Å². The van der Waals surface area contributed by atoms with Crippen molar-refractivity contribution in [1.82, 2.24) is 10.2 Å². The summed E-state index contributed by atoms with van der Waals surface area (Å²) in [5, 5.41) is 5.72. The van der Waals surface area contributed by atoms with E-state index in [2.05, 4.69) is 5.32 Å². The number of aliphatic imine (C=N–C) groups is 1. The maximum Gasteiger partial charge on any atom is 0.338 e. The van der Waals surface area contributed by atoms with Crippen LogP contribution in [0.3, 0.4) is 0 Å². The van der Waals surface area contributed by atoms with E-state index in [1.165, 1.54) is 11.8 Å². The third-order valence-corrected chi connectivity index (χ3v) is 6.83. The minimum absolute atomic E-state index is 0.0697. The van der Waals surface area contributed by atoms with Crippen molar-refractivity contribution in [1.29, 1.82) is 0 Å². The molecule has 0 spiro atoms. The third kappa shape index (κ3) is 5.17. The summed E-state index contributed by atoms with van der Waals surface area (Å²) in [4.78, 5) is 32.7. The summed E-state index contributed by atoms with van der Waals surface area (Å²) in [5.74, 6) is -0.447. The Hall–Kier alpha value is -2.58. The smallest absolute Gasteiger partial charge is 0.338 e. The van der Waals surface area contributed by atoms with Crippen molar-refractivity contribution in [3.8, 4) is 0 Å². The molecule has 33 heavy (non-hydrogen) atoms. The van der Waals surface area contributed by atoms with E-state index in [1.54, 1.807) is 0 Å². The van der Waals surface area contributed by atoms with Gasteiger partial charge >= 0.3 is 5.97 Å². The van der Waals surface area contributed by atoms with Crippen LogP contribution in [0.4, 0.5) is 0 Å². The maximum absolute atomic E-state index is 13.2. The second kappa shape index (κ2) is 10.1. The SMILES string of the molecule is CC1=C(C(=O)OC(C)C)[C@@H](c2ccccc2C)N2C(CC(=O)NC[C@@H]3CCCO3)=CSC2=N1. The summed E-state index contributed by atoms with van der Waals surface area (Å²) in [7, 11) is 0. The van der Waals surface area contributed by atoms with Crippen LogP contribution in [0, 0.1) is 6.92 Å². The molecule has 3 aliphatic rings. The minimum atomic E-state index is -0.405. The highest BCUT2D eigenvalue weighted by atomic mass is 32.2. The highest BCUT2D eigenvalue weighted by Gasteiger charge is 2.41. The fourth-order valence-corrected chi connectivity index (χ4v) is 5.32. The Morgan fingerprint density at radius 1 is 1.30 bits per heavy atom. The van der Waals surface area contributed by atoms with Crippen LogP contribution in [0.2, 0.25) is 0 Å². The predicted molar refractivity (Wildman–Crippen MR) is 129 cm³/mol. The molecule has 4 rings (SSSR count). The number of hydrogen-bond acceptors (Lipinski definition) is 7. The zero-order chi connectivity index (χ0) is 23.5. The van der Waals surface area contributed by atoms with E-state index in [4.69, 9.17) is 14.5 Å². The first-order valence-corrected chi connectivity index (χ1v) is 12.3. The van der Waals surface area contributed by atoms with Crippen molar-refractivity contribution < 1.29 is 19.1 Å². The molecule has 176 valence electrons. The van der Waals surface area contributed by atoms with E-state index in [-0.39, 0.29) is 30.5 Å². The van der Waals surface area contributed by atoms with Gasteiger partial charge in [-0.3, -0.25) is 4.79 Å². The van der Waals surface area contributed by atoms with Gasteiger partial charge < -0.3 is 19.7 Å². The van der Waals surface area contributed by atoms with E-state index >= 15 is 0 Å². The molecule has 1 aromatic rings. The number of nitrogens with zero attached hydrogens (tertiary/aromatic N) is 2. The zero-order valence-corrected chi connectivity index (χ0v) is 20.4. The van der Waals surface area contributed by atoms with Gasteiger partial charge in [0.05, 0.1) is 35.9 Å². The van der Waals surface area contributed by atoms with Crippen LogP contribution in [0.5, 0.6) is 0 Å². The fraction of sp³-hybridized carbons (Fsp3) is 0.480. The lowest BCUT2D eigenvalue weighted by atomic mass is 9.91. The summed E-state index contributed by atoms with van der Waals surface area (Å²) >= 11 is 1.48. The molecule has 3 aliphatic heterocycles. The number of carbonyl (C=O) groups excluding carboxylic acids is 2. The monoisotopic (exact) mass is 469 g/mol. The normalized spacial score (nSPS) is 22.3. The van der Waals surface area contributed by atoms with E-state index < -0.39 is 6.04 Å². The Morgan fingerprint density at radius 3 is 2.79 bits per heavy atom. The summed E-state index contributed by atoms with van der Waals surface area (Å²) in [6.45, 7) is 8.83. The van der Waals surface area contributed by atoms with Crippen LogP contribution < -0.4 is 5.32 Å². The summed E-state index contributed by atoms with van der Waals surface area (Å²) < 4.78 is 11.2. The number of amidine groups is 1. The minimum Gasteiger partial charge on any atom is -0.459 e. The summed E-state index contributed by atoms with van der Waals surface area (Å²) in [6.07, 6.45) is 2.06. The van der Waals surface area contributed by atoms with Crippen molar-refractivity contribution in [2.75, 3.05) is 13.2 Å². The van der Waals surface area contributed by atoms with Gasteiger partial charge in [0.1, 0.15) is 0 Å². The Labute approximate surface area is 199 Å². The van der Waals surface area contributed by atoms with Crippen LogP contribution in [-0.4, -0.2) is 47.3 Å². The summed E-state index contributed by atoms with van der Waals surface area (Å²) in [6, 6.07) is 7.60. The lowest BCUT2D eigenvalue weighted by Crippen LogP contribution is -2.39. The molecule has 1 N–H and O–H groups in total. The van der Waals surface area contributed by atoms with Crippen LogP contribution in [0.1, 0.15) is 57.2 Å². The number of aryl methyl sites for hydroxylation is 1. The Kier molecular flexibility index (Phi) is 7.24. The van der Waals surface area contributed by atoms with Gasteiger partial charge in [-0.25, -0.2) is 9.79 Å². The standard InChI is InChI=1S/C25H31N3O4S/c1-15(2)32-24(30)22-17(4)27-25-28(23(22)20-10-6-5-8-16(20)3)18(14-33-25)12-21(29)26-13-19-9-7-11-31-19/h5-6,8,10,14-15,19,23H,7,9,11-13H2,1-4H3,(H,26,29)/t19-,23+/m0/s1. The lowest BCUT2D eigenvalue weighted by Gasteiger charge is -2.37. The Morgan fingerprint density at radius 2 is 2.09 bits per heavy atom. The number of esters is 1. The van der Waals surface area contributed by atoms with Crippen LogP contribution in [0.15, 0.2) is 51.6 Å². The van der Waals surface area contributed by atoms with Gasteiger partial charge in [-0.2, -0.15) is 0 Å². The number of fused-ring (bicyclic) bond motifs is 1. The largest absolute Gasteiger partial charge is 0.459 e. The second-order valence-electron chi connectivity index (χ2n) is 8.82. The molecule has 0 radical (unpaired) electrons. The predicted octanol–water partition coefficient (Wildman–Crippen LogP) is 4.21. The average Bonchev–Trinajstić information content (AvgIpc) is 3.41. The molecule has 0 aromatic heterocycles. The van der Waals surface area contributed by atoms with Crippen molar-refractivity contribution in [3.63, 3.8) is 0 Å². The molecule has 1 saturated heterocycles. The van der Waals surface area contributed by atoms with Crippen molar-refractivity contribution >= 4 is 28.8 Å². The number of nitrogens with one attached hydrogen (secondary N) is 1. The highest BCUT2D eigenvalue weighted by molar-refractivity contribution is 8.16. The van der Waals surface area contributed by atoms with Crippen LogP contribution in [-0.2, 0) is 19.1 Å². The van der Waals surface area contributed by atoms with Gasteiger partial charge in [-0.1, -0.05) is 36.0 Å². The van der Waals surface area contributed by atoms with Gasteiger partial charge in [0.2, 0.25) is 5.91 Å². The van der Waals surface area contributed by atoms with Crippen LogP contribution in [0.25, 0.3) is 0 Å². The van der Waals surface area contributed by atoms with Gasteiger partial charge in [0.15, 0.2) is 5.17 Å². The molecule has 1 amide bonds. The lowest BCUT2D eigenvalue weighted by molar-refractivity contribution is -0.143. The highest BCUT2D eigenvalue weighted by Crippen LogP contribution is 2.45. The first-order valence-electron chi connectivity index (χ1n) is 11.4. The number of benzene rings is 1. The van der Waals surface area contributed by atoms with Gasteiger partial charge in [-0.05, 0) is 57.1 Å². The topological polar surface area (TPSA) is 80.2 Å². The molecule has 1 fully saturated rings. The molecule has 2 atom stereocenters. The quantitative estimate of drug-likeness (QED) is 0.603. The number of amides is 1. The van der Waals surface area contributed by atoms with Gasteiger partial charge in [0.25, 0.3) is 0 Å². The number of thioether (sulfide) groups is 1. The molecule has 0 saturated carbocycles. The molecule has 8 heteroatoms. The van der Waals surface area contributed by atoms with E-state index in [0.717, 1.165) is 41.4 Å². The van der Waals surface area contributed by atoms with E-state index in [1.807, 2.05) is 62.3 Å². The maximum atomic E-state index is 13.2. The number of ether oxygens (including phenoxy) is 2. The molecule has 7 nitrogen and oxygen atoms in total. The van der Waals surface area contributed by atoms with Crippen molar-refractivity contribution in [3.05, 3.63) is 57.8 Å². The molecule has 3 heterocycles. The molecular formula is C25H31N3O4S. The Bertz CT molecular complexity index is 1020. The second-order valence-corrected chi connectivity index (χ2v) is 9.66. The summed E-state index contributed by atoms with van der Waals surface area (Å²) in [5.41, 5.74) is 4.03. The van der Waals surface area contributed by atoms with Crippen molar-refractivity contribution in [2.24, 2.45) is 4.99 Å². The average molecular weight is 470 g/mol. The molecule has 0 aliphatic carbocycles. The number of allylic oxidation sites excluding steroid dienone is 1. The molecule has 0 bridgehead atoms. The van der Waals surface area contributed by atoms with Crippen LogP contribution >= 0.6 is 11.8 Å².